The van der Waals surface area contributed by atoms with E-state index in [0.29, 0.717) is 0 Å². The highest BCUT2D eigenvalue weighted by Gasteiger charge is 2.03. The van der Waals surface area contributed by atoms with Gasteiger partial charge in [-0.2, -0.15) is 0 Å². The van der Waals surface area contributed by atoms with Gasteiger partial charge in [0.1, 0.15) is 0 Å². The highest BCUT2D eigenvalue weighted by Crippen LogP contribution is 2.27. The van der Waals surface area contributed by atoms with Crippen LogP contribution >= 0.6 is 8.60 Å². The maximum absolute atomic E-state index is 8.40. The van der Waals surface area contributed by atoms with Gasteiger partial charge in [-0.05, 0) is 20.8 Å². The Kier molecular flexibility index (Phi) is 4.83. The van der Waals surface area contributed by atoms with Crippen LogP contribution in [0.4, 0.5) is 0 Å². The van der Waals surface area contributed by atoms with Gasteiger partial charge in [-0.15, -0.1) is 0 Å². The van der Waals surface area contributed by atoms with Gasteiger partial charge in [0, 0.05) is 0 Å². The van der Waals surface area contributed by atoms with Crippen LogP contribution in [0.3, 0.4) is 0 Å². The molecule has 0 fully saturated rings. The molecule has 0 bridgehead atoms. The molecule has 1 unspecified atom stereocenters. The average Bonchev–Trinajstić information content (AvgIpc) is 1.58. The lowest BCUT2D eigenvalue weighted by Crippen LogP contribution is -1.99. The van der Waals surface area contributed by atoms with Crippen LogP contribution in [0.25, 0.3) is 0 Å². The largest absolute Gasteiger partial charge is 0.328 e. The molecule has 2 N–H and O–H groups in total. The van der Waals surface area contributed by atoms with Crippen LogP contribution in [0.5, 0.6) is 0 Å². The van der Waals surface area contributed by atoms with Gasteiger partial charge in [0.25, 0.3) is 0 Å². The molecule has 0 aromatic heterocycles. The molecule has 0 aliphatic heterocycles. The lowest BCUT2D eigenvalue weighted by atomic mass is 10.2. The first-order chi connectivity index (χ1) is 4.52. The summed E-state index contributed by atoms with van der Waals surface area (Å²) >= 11 is 0. The summed E-state index contributed by atoms with van der Waals surface area (Å²) in [5, 5.41) is 0. The number of hydrogen-bond acceptors (Lipinski definition) is 3. The van der Waals surface area contributed by atoms with E-state index in [1.54, 1.807) is 6.92 Å². The van der Waals surface area contributed by atoms with E-state index in [-0.39, 0.29) is 6.10 Å². The van der Waals surface area contributed by atoms with Gasteiger partial charge in [-0.1, -0.05) is 11.6 Å². The predicted octanol–water partition coefficient (Wildman–Crippen LogP) is 1.57. The van der Waals surface area contributed by atoms with Gasteiger partial charge in [0.15, 0.2) is 0 Å². The fraction of sp³-hybridized carbons (Fsp3) is 0.667. The summed E-state index contributed by atoms with van der Waals surface area (Å²) in [5.41, 5.74) is 1.10. The minimum Gasteiger partial charge on any atom is -0.328 e. The summed E-state index contributed by atoms with van der Waals surface area (Å²) < 4.78 is 4.66. The van der Waals surface area contributed by atoms with Crippen molar-refractivity contribution in [3.05, 3.63) is 11.6 Å². The molecule has 3 nitrogen and oxygen atoms in total. The second kappa shape index (κ2) is 4.80. The molecule has 0 saturated carbocycles. The third-order valence-electron chi connectivity index (χ3n) is 0.829. The zero-order valence-electron chi connectivity index (χ0n) is 6.40. The Hall–Kier alpha value is 0.0500. The molecule has 10 heavy (non-hydrogen) atoms. The van der Waals surface area contributed by atoms with Crippen molar-refractivity contribution in [2.75, 3.05) is 0 Å². The lowest BCUT2D eigenvalue weighted by Gasteiger charge is -2.08. The van der Waals surface area contributed by atoms with Crippen molar-refractivity contribution >= 4 is 8.60 Å². The fourth-order valence-electron chi connectivity index (χ4n) is 0.649. The zero-order valence-corrected chi connectivity index (χ0v) is 7.30. The topological polar surface area (TPSA) is 49.7 Å². The Balaban J connectivity index is 3.64. The number of allylic oxidation sites excluding steroid dienone is 1. The van der Waals surface area contributed by atoms with E-state index in [1.807, 2.05) is 19.9 Å². The molecule has 0 spiro atoms. The molecule has 4 heteroatoms. The third-order valence-corrected chi connectivity index (χ3v) is 1.35. The van der Waals surface area contributed by atoms with Gasteiger partial charge >= 0.3 is 8.60 Å². The van der Waals surface area contributed by atoms with E-state index in [4.69, 9.17) is 9.79 Å². The number of hydrogen-bond donors (Lipinski definition) is 2. The molecule has 0 aromatic carbocycles. The summed E-state index contributed by atoms with van der Waals surface area (Å²) in [6, 6.07) is 0. The molecule has 60 valence electrons. The Morgan fingerprint density at radius 1 is 1.50 bits per heavy atom. The summed E-state index contributed by atoms with van der Waals surface area (Å²) in [5.74, 6) is 0. The minimum atomic E-state index is -2.22. The second-order valence-electron chi connectivity index (χ2n) is 2.31. The van der Waals surface area contributed by atoms with Gasteiger partial charge in [0.05, 0.1) is 6.10 Å². The van der Waals surface area contributed by atoms with Crippen molar-refractivity contribution < 1.29 is 14.3 Å². The van der Waals surface area contributed by atoms with E-state index in [1.165, 1.54) is 0 Å². The fourth-order valence-corrected chi connectivity index (χ4v) is 1.01. The Bertz CT molecular complexity index is 118. The molecule has 0 aliphatic rings. The maximum atomic E-state index is 8.40. The first-order valence-electron chi connectivity index (χ1n) is 3.02. The van der Waals surface area contributed by atoms with Crippen LogP contribution in [0.15, 0.2) is 11.6 Å². The van der Waals surface area contributed by atoms with E-state index in [0.717, 1.165) is 5.57 Å². The van der Waals surface area contributed by atoms with Crippen molar-refractivity contribution in [3.63, 3.8) is 0 Å². The summed E-state index contributed by atoms with van der Waals surface area (Å²) in [6.45, 7) is 5.61. The molecule has 0 saturated heterocycles. The van der Waals surface area contributed by atoms with Crippen LogP contribution in [0.1, 0.15) is 20.8 Å². The van der Waals surface area contributed by atoms with E-state index in [9.17, 15) is 0 Å². The van der Waals surface area contributed by atoms with Crippen LogP contribution in [-0.4, -0.2) is 15.9 Å². The maximum Gasteiger partial charge on any atom is 0.327 e. The van der Waals surface area contributed by atoms with Crippen molar-refractivity contribution in [2.45, 2.75) is 26.9 Å². The van der Waals surface area contributed by atoms with Crippen molar-refractivity contribution in [1.82, 2.24) is 0 Å². The molecule has 0 heterocycles. The van der Waals surface area contributed by atoms with Crippen LogP contribution in [0.2, 0.25) is 0 Å². The van der Waals surface area contributed by atoms with E-state index < -0.39 is 8.60 Å². The van der Waals surface area contributed by atoms with E-state index in [2.05, 4.69) is 4.52 Å². The molecular formula is C6H13O3P. The van der Waals surface area contributed by atoms with Gasteiger partial charge in [-0.25, -0.2) is 0 Å². The number of rotatable bonds is 3. The Labute approximate surface area is 62.3 Å². The van der Waals surface area contributed by atoms with Crippen molar-refractivity contribution in [3.8, 4) is 0 Å². The normalized spacial score (nSPS) is 13.4. The highest BCUT2D eigenvalue weighted by molar-refractivity contribution is 7.39. The standard InChI is InChI=1S/C6H13O3P/c1-5(2)4-6(3)9-10(7)8/h4,6-8H,1-3H3. The SMILES string of the molecule is CC(C)=CC(C)OP(O)O. The van der Waals surface area contributed by atoms with Gasteiger partial charge < -0.3 is 14.3 Å². The lowest BCUT2D eigenvalue weighted by molar-refractivity contribution is 0.221. The monoisotopic (exact) mass is 164 g/mol. The first-order valence-corrected chi connectivity index (χ1v) is 4.18. The molecule has 0 aliphatic carbocycles. The van der Waals surface area contributed by atoms with Crippen LogP contribution in [0, 0.1) is 0 Å². The summed E-state index contributed by atoms with van der Waals surface area (Å²) in [4.78, 5) is 16.8. The Morgan fingerprint density at radius 2 is 2.00 bits per heavy atom. The molecule has 0 amide bonds. The Morgan fingerprint density at radius 3 is 2.30 bits per heavy atom. The average molecular weight is 164 g/mol. The van der Waals surface area contributed by atoms with Gasteiger partial charge in [-0.3, -0.25) is 0 Å². The second-order valence-corrected chi connectivity index (χ2v) is 3.02. The quantitative estimate of drug-likeness (QED) is 0.491. The van der Waals surface area contributed by atoms with Crippen LogP contribution in [-0.2, 0) is 4.52 Å². The predicted molar refractivity (Wildman–Crippen MR) is 41.3 cm³/mol. The highest BCUT2D eigenvalue weighted by atomic mass is 31.2. The van der Waals surface area contributed by atoms with Crippen LogP contribution < -0.4 is 0 Å². The van der Waals surface area contributed by atoms with E-state index >= 15 is 0 Å². The molecular weight excluding hydrogens is 151 g/mol. The molecule has 0 radical (unpaired) electrons. The third kappa shape index (κ3) is 6.17. The molecule has 1 atom stereocenters. The zero-order chi connectivity index (χ0) is 8.15. The smallest absolute Gasteiger partial charge is 0.327 e. The first kappa shape index (κ1) is 10.0. The molecule has 0 rings (SSSR count). The molecule has 0 aromatic rings. The van der Waals surface area contributed by atoms with Crippen molar-refractivity contribution in [1.29, 1.82) is 0 Å². The van der Waals surface area contributed by atoms with Crippen molar-refractivity contribution in [2.24, 2.45) is 0 Å². The summed E-state index contributed by atoms with van der Waals surface area (Å²) in [7, 11) is -2.22. The van der Waals surface area contributed by atoms with Gasteiger partial charge in [0.2, 0.25) is 0 Å². The summed E-state index contributed by atoms with van der Waals surface area (Å²) in [6.07, 6.45) is 1.60. The minimum absolute atomic E-state index is 0.217.